The molecule has 186 valence electrons. The summed E-state index contributed by atoms with van der Waals surface area (Å²) in [6, 6.07) is 23.6. The first-order chi connectivity index (χ1) is 17.1. The van der Waals surface area contributed by atoms with Crippen molar-refractivity contribution in [2.45, 2.75) is 37.9 Å². The molecule has 0 fully saturated rings. The fourth-order valence-electron chi connectivity index (χ4n) is 3.73. The Kier molecular flexibility index (Phi) is 8.08. The molecule has 1 heterocycles. The van der Waals surface area contributed by atoms with Crippen LogP contribution in [0.5, 0.6) is 0 Å². The summed E-state index contributed by atoms with van der Waals surface area (Å²) in [4.78, 5) is 14.6. The molecule has 1 aromatic heterocycles. The second kappa shape index (κ2) is 11.1. The topological polar surface area (TPSA) is 51.0 Å². The molecule has 0 N–H and O–H groups in total. The van der Waals surface area contributed by atoms with Gasteiger partial charge in [-0.05, 0) is 28.7 Å². The zero-order chi connectivity index (χ0) is 25.9. The van der Waals surface area contributed by atoms with Crippen LogP contribution < -0.4 is 0 Å². The van der Waals surface area contributed by atoms with Gasteiger partial charge in [0.25, 0.3) is 0 Å². The number of amides is 1. The summed E-state index contributed by atoms with van der Waals surface area (Å²) in [6.45, 7) is 7.07. The fraction of sp³-hybridized carbons (Fsp3) is 0.250. The van der Waals surface area contributed by atoms with Gasteiger partial charge in [-0.3, -0.25) is 9.36 Å². The highest BCUT2D eigenvalue weighted by Gasteiger charge is 2.22. The van der Waals surface area contributed by atoms with Gasteiger partial charge in [-0.1, -0.05) is 116 Å². The summed E-state index contributed by atoms with van der Waals surface area (Å²) in [6.07, 6.45) is 0. The number of carbonyl (C=O) groups excluding carboxylic acids is 1. The normalized spacial score (nSPS) is 11.5. The Morgan fingerprint density at radius 2 is 1.64 bits per heavy atom. The number of nitrogens with zero attached hydrogens (tertiary/aromatic N) is 4. The van der Waals surface area contributed by atoms with E-state index in [4.69, 9.17) is 23.2 Å². The summed E-state index contributed by atoms with van der Waals surface area (Å²) in [5, 5.41) is 10.3. The maximum absolute atomic E-state index is 12.9. The Hall–Kier alpha value is -2.80. The van der Waals surface area contributed by atoms with E-state index in [1.165, 1.54) is 17.3 Å². The highest BCUT2D eigenvalue weighted by molar-refractivity contribution is 7.99. The van der Waals surface area contributed by atoms with Crippen LogP contribution in [0.3, 0.4) is 0 Å². The molecule has 0 saturated heterocycles. The summed E-state index contributed by atoms with van der Waals surface area (Å²) in [7, 11) is 1.80. The lowest BCUT2D eigenvalue weighted by atomic mass is 9.87. The van der Waals surface area contributed by atoms with E-state index in [-0.39, 0.29) is 17.1 Å². The SMILES string of the molecule is CN(Cc1ccccc1)C(=O)CSc1nnc(-c2ccc(C(C)(C)C)cc2)n1-c1cccc(Cl)c1Cl. The number of aromatic nitrogens is 3. The zero-order valence-electron chi connectivity index (χ0n) is 20.7. The van der Waals surface area contributed by atoms with Crippen LogP contribution >= 0.6 is 35.0 Å². The minimum absolute atomic E-state index is 0.00771. The summed E-state index contributed by atoms with van der Waals surface area (Å²) >= 11 is 14.3. The molecule has 0 unspecified atom stereocenters. The van der Waals surface area contributed by atoms with Crippen molar-refractivity contribution in [3.8, 4) is 17.1 Å². The largest absolute Gasteiger partial charge is 0.341 e. The predicted octanol–water partition coefficient (Wildman–Crippen LogP) is 7.29. The van der Waals surface area contributed by atoms with E-state index in [9.17, 15) is 4.79 Å². The standard InChI is InChI=1S/C28H28Cl2N4OS/c1-28(2,3)21-15-13-20(14-16-21)26-31-32-27(34(26)23-12-8-11-22(29)25(23)30)36-18-24(35)33(4)17-19-9-6-5-7-10-19/h5-16H,17-18H2,1-4H3. The van der Waals surface area contributed by atoms with E-state index in [1.54, 1.807) is 18.0 Å². The molecule has 3 aromatic carbocycles. The minimum Gasteiger partial charge on any atom is -0.341 e. The molecule has 1 amide bonds. The highest BCUT2D eigenvalue weighted by Crippen LogP contribution is 2.35. The van der Waals surface area contributed by atoms with Crippen LogP contribution in [-0.4, -0.2) is 38.4 Å². The predicted molar refractivity (Wildman–Crippen MR) is 149 cm³/mol. The van der Waals surface area contributed by atoms with Gasteiger partial charge >= 0.3 is 0 Å². The van der Waals surface area contributed by atoms with Crippen LogP contribution in [0.25, 0.3) is 17.1 Å². The molecule has 36 heavy (non-hydrogen) atoms. The molecule has 0 aliphatic carbocycles. The van der Waals surface area contributed by atoms with Crippen LogP contribution in [0.4, 0.5) is 0 Å². The van der Waals surface area contributed by atoms with Crippen molar-refractivity contribution in [1.29, 1.82) is 0 Å². The van der Waals surface area contributed by atoms with Crippen LogP contribution in [0, 0.1) is 0 Å². The molecule has 0 atom stereocenters. The summed E-state index contributed by atoms with van der Waals surface area (Å²) in [5.41, 5.74) is 3.89. The smallest absolute Gasteiger partial charge is 0.233 e. The summed E-state index contributed by atoms with van der Waals surface area (Å²) < 4.78 is 1.87. The molecule has 0 spiro atoms. The number of rotatable bonds is 7. The van der Waals surface area contributed by atoms with Gasteiger partial charge in [0, 0.05) is 19.2 Å². The third-order valence-corrected chi connectivity index (χ3v) is 7.55. The minimum atomic E-state index is -0.00771. The van der Waals surface area contributed by atoms with Crippen LogP contribution in [0.2, 0.25) is 10.0 Å². The number of thioether (sulfide) groups is 1. The van der Waals surface area contributed by atoms with Crippen molar-refractivity contribution in [3.05, 3.63) is 94.0 Å². The van der Waals surface area contributed by atoms with Gasteiger partial charge in [0.15, 0.2) is 11.0 Å². The number of halogens is 2. The van der Waals surface area contributed by atoms with Crippen molar-refractivity contribution in [2.75, 3.05) is 12.8 Å². The molecule has 8 heteroatoms. The Balaban J connectivity index is 1.64. The van der Waals surface area contributed by atoms with Gasteiger partial charge in [-0.2, -0.15) is 0 Å². The Morgan fingerprint density at radius 1 is 0.944 bits per heavy atom. The molecule has 0 radical (unpaired) electrons. The van der Waals surface area contributed by atoms with Crippen molar-refractivity contribution in [2.24, 2.45) is 0 Å². The van der Waals surface area contributed by atoms with E-state index in [0.29, 0.717) is 33.3 Å². The Labute approximate surface area is 226 Å². The molecule has 4 rings (SSSR count). The highest BCUT2D eigenvalue weighted by atomic mass is 35.5. The average molecular weight is 540 g/mol. The molecule has 5 nitrogen and oxygen atoms in total. The molecular formula is C28H28Cl2N4OS. The quantitative estimate of drug-likeness (QED) is 0.232. The second-order valence-electron chi connectivity index (χ2n) is 9.57. The van der Waals surface area contributed by atoms with Crippen molar-refractivity contribution >= 4 is 40.9 Å². The molecule has 4 aromatic rings. The van der Waals surface area contributed by atoms with Crippen LogP contribution in [0.15, 0.2) is 78.0 Å². The van der Waals surface area contributed by atoms with E-state index in [2.05, 4.69) is 43.1 Å². The molecule has 0 bridgehead atoms. The van der Waals surface area contributed by atoms with Crippen molar-refractivity contribution in [3.63, 3.8) is 0 Å². The Morgan fingerprint density at radius 3 is 2.31 bits per heavy atom. The molecule has 0 aliphatic heterocycles. The molecule has 0 aliphatic rings. The van der Waals surface area contributed by atoms with Gasteiger partial charge in [0.05, 0.1) is 21.5 Å². The maximum atomic E-state index is 12.9. The van der Waals surface area contributed by atoms with Gasteiger partial charge in [0.1, 0.15) is 0 Å². The number of hydrogen-bond donors (Lipinski definition) is 0. The number of carbonyl (C=O) groups is 1. The third-order valence-electron chi connectivity index (χ3n) is 5.83. The maximum Gasteiger partial charge on any atom is 0.233 e. The summed E-state index contributed by atoms with van der Waals surface area (Å²) in [5.74, 6) is 0.835. The van der Waals surface area contributed by atoms with Gasteiger partial charge in [-0.25, -0.2) is 0 Å². The van der Waals surface area contributed by atoms with Crippen molar-refractivity contribution in [1.82, 2.24) is 19.7 Å². The second-order valence-corrected chi connectivity index (χ2v) is 11.3. The van der Waals surface area contributed by atoms with E-state index in [1.807, 2.05) is 59.2 Å². The lowest BCUT2D eigenvalue weighted by molar-refractivity contribution is -0.127. The van der Waals surface area contributed by atoms with E-state index < -0.39 is 0 Å². The van der Waals surface area contributed by atoms with Gasteiger partial charge in [0.2, 0.25) is 5.91 Å². The first-order valence-electron chi connectivity index (χ1n) is 11.6. The van der Waals surface area contributed by atoms with Crippen LogP contribution in [-0.2, 0) is 16.8 Å². The molecule has 0 saturated carbocycles. The lowest BCUT2D eigenvalue weighted by Crippen LogP contribution is -2.27. The number of benzene rings is 3. The van der Waals surface area contributed by atoms with E-state index in [0.717, 1.165) is 11.1 Å². The first-order valence-corrected chi connectivity index (χ1v) is 13.3. The molecular weight excluding hydrogens is 511 g/mol. The van der Waals surface area contributed by atoms with Gasteiger partial charge in [-0.15, -0.1) is 10.2 Å². The van der Waals surface area contributed by atoms with Crippen LogP contribution in [0.1, 0.15) is 31.9 Å². The van der Waals surface area contributed by atoms with Gasteiger partial charge < -0.3 is 4.90 Å². The average Bonchev–Trinajstić information content (AvgIpc) is 3.28. The lowest BCUT2D eigenvalue weighted by Gasteiger charge is -2.19. The third kappa shape index (κ3) is 5.94. The number of hydrogen-bond acceptors (Lipinski definition) is 4. The van der Waals surface area contributed by atoms with Crippen molar-refractivity contribution < 1.29 is 4.79 Å². The Bertz CT molecular complexity index is 1350. The fourth-order valence-corrected chi connectivity index (χ4v) is 5.00. The monoisotopic (exact) mass is 538 g/mol. The first kappa shape index (κ1) is 26.3. The van der Waals surface area contributed by atoms with E-state index >= 15 is 0 Å². The zero-order valence-corrected chi connectivity index (χ0v) is 23.0.